The maximum Gasteiger partial charge on any atom is 0.241 e. The van der Waals surface area contributed by atoms with E-state index in [2.05, 4.69) is 5.32 Å². The summed E-state index contributed by atoms with van der Waals surface area (Å²) in [5.74, 6) is 0.0116. The topological polar surface area (TPSA) is 29.1 Å². The van der Waals surface area contributed by atoms with Crippen LogP contribution in [0.3, 0.4) is 0 Å². The van der Waals surface area contributed by atoms with E-state index in [1.54, 1.807) is 0 Å². The summed E-state index contributed by atoms with van der Waals surface area (Å²) < 4.78 is 0.238. The van der Waals surface area contributed by atoms with Gasteiger partial charge in [-0.3, -0.25) is 4.79 Å². The zero-order valence-electron chi connectivity index (χ0n) is 5.53. The SMILES string of the molecule is CC1(C)SC(=S)NC1=O.[Au]. The normalized spacial score (nSPS) is 21.8. The van der Waals surface area contributed by atoms with E-state index in [1.165, 1.54) is 11.8 Å². The molecule has 1 saturated heterocycles. The summed E-state index contributed by atoms with van der Waals surface area (Å²) in [6.07, 6.45) is 0. The van der Waals surface area contributed by atoms with Crippen LogP contribution in [0.1, 0.15) is 13.8 Å². The van der Waals surface area contributed by atoms with E-state index in [-0.39, 0.29) is 33.0 Å². The molecule has 0 spiro atoms. The van der Waals surface area contributed by atoms with Crippen LogP contribution >= 0.6 is 24.0 Å². The number of thiocarbonyl (C=S) groups is 1. The van der Waals surface area contributed by atoms with E-state index in [1.807, 2.05) is 13.8 Å². The summed E-state index contributed by atoms with van der Waals surface area (Å²) >= 11 is 6.18. The zero-order chi connectivity index (χ0) is 7.07. The molecule has 0 saturated carbocycles. The van der Waals surface area contributed by atoms with Gasteiger partial charge in [-0.05, 0) is 13.8 Å². The summed E-state index contributed by atoms with van der Waals surface area (Å²) in [6, 6.07) is 0. The summed E-state index contributed by atoms with van der Waals surface area (Å²) in [6.45, 7) is 3.71. The number of hydrogen-bond donors (Lipinski definition) is 1. The summed E-state index contributed by atoms with van der Waals surface area (Å²) in [5, 5.41) is 2.56. The Morgan fingerprint density at radius 3 is 2.20 bits per heavy atom. The van der Waals surface area contributed by atoms with Crippen molar-refractivity contribution in [3.63, 3.8) is 0 Å². The second-order valence-electron chi connectivity index (χ2n) is 2.35. The number of hydrogen-bond acceptors (Lipinski definition) is 3. The Hall–Kier alpha value is 0.650. The minimum Gasteiger partial charge on any atom is -0.310 e. The van der Waals surface area contributed by atoms with Crippen molar-refractivity contribution in [3.8, 4) is 0 Å². The molecule has 2 nitrogen and oxygen atoms in total. The quantitative estimate of drug-likeness (QED) is 0.516. The second kappa shape index (κ2) is 3.36. The monoisotopic (exact) mass is 358 g/mol. The van der Waals surface area contributed by atoms with E-state index >= 15 is 0 Å². The average Bonchev–Trinajstić information content (AvgIpc) is 1.79. The molecule has 1 radical (unpaired) electrons. The molecule has 1 amide bonds. The molecule has 0 bridgehead atoms. The number of thioether (sulfide) groups is 1. The van der Waals surface area contributed by atoms with Gasteiger partial charge in [-0.1, -0.05) is 24.0 Å². The van der Waals surface area contributed by atoms with Crippen molar-refractivity contribution < 1.29 is 27.2 Å². The third-order valence-electron chi connectivity index (χ3n) is 1.11. The summed E-state index contributed by atoms with van der Waals surface area (Å²) in [7, 11) is 0. The Morgan fingerprint density at radius 2 is 2.10 bits per heavy atom. The first-order chi connectivity index (χ1) is 4.02. The zero-order valence-corrected chi connectivity index (χ0v) is 9.33. The minimum absolute atomic E-state index is 0. The second-order valence-corrected chi connectivity index (χ2v) is 4.65. The number of rotatable bonds is 0. The van der Waals surface area contributed by atoms with Gasteiger partial charge in [0.1, 0.15) is 4.32 Å². The molecule has 1 rings (SSSR count). The van der Waals surface area contributed by atoms with Crippen LogP contribution in [-0.4, -0.2) is 15.0 Å². The average molecular weight is 358 g/mol. The molecule has 5 heteroatoms. The van der Waals surface area contributed by atoms with Gasteiger partial charge in [0.2, 0.25) is 5.91 Å². The maximum atomic E-state index is 10.9. The predicted octanol–water partition coefficient (Wildman–Crippen LogP) is 0.910. The van der Waals surface area contributed by atoms with Crippen LogP contribution in [0.25, 0.3) is 0 Å². The minimum atomic E-state index is -0.350. The third-order valence-corrected chi connectivity index (χ3v) is 2.45. The fourth-order valence-corrected chi connectivity index (χ4v) is 2.02. The molecular formula is C5H7AuNOS2. The molecule has 0 unspecified atom stereocenters. The van der Waals surface area contributed by atoms with Crippen molar-refractivity contribution in [1.29, 1.82) is 0 Å². The van der Waals surface area contributed by atoms with Crippen molar-refractivity contribution in [2.24, 2.45) is 0 Å². The Balaban J connectivity index is 0.000000810. The molecule has 61 valence electrons. The van der Waals surface area contributed by atoms with Crippen molar-refractivity contribution in [2.75, 3.05) is 0 Å². The van der Waals surface area contributed by atoms with Crippen LogP contribution in [0.2, 0.25) is 0 Å². The molecule has 0 aromatic carbocycles. The van der Waals surface area contributed by atoms with Crippen LogP contribution in [0.5, 0.6) is 0 Å². The Kier molecular flexibility index (Phi) is 3.58. The van der Waals surface area contributed by atoms with Crippen LogP contribution in [0.15, 0.2) is 0 Å². The summed E-state index contributed by atoms with van der Waals surface area (Å²) in [5.41, 5.74) is 0. The van der Waals surface area contributed by atoms with E-state index in [4.69, 9.17) is 12.2 Å². The molecule has 10 heavy (non-hydrogen) atoms. The van der Waals surface area contributed by atoms with Gasteiger partial charge in [-0.15, -0.1) is 0 Å². The molecule has 1 N–H and O–H groups in total. The number of carbonyl (C=O) groups is 1. The van der Waals surface area contributed by atoms with Crippen molar-refractivity contribution in [2.45, 2.75) is 18.6 Å². The molecule has 1 aliphatic rings. The Bertz CT molecular complexity index is 180. The summed E-state index contributed by atoms with van der Waals surface area (Å²) in [4.78, 5) is 10.9. The standard InChI is InChI=1S/C5H7NOS2.Au/c1-5(2)3(7)6-4(8)9-5;/h1-2H3,(H,6,7,8);. The number of nitrogens with one attached hydrogen (secondary N) is 1. The smallest absolute Gasteiger partial charge is 0.241 e. The molecule has 1 aliphatic heterocycles. The van der Waals surface area contributed by atoms with Crippen LogP contribution in [0.4, 0.5) is 0 Å². The van der Waals surface area contributed by atoms with Gasteiger partial charge in [0.25, 0.3) is 0 Å². The molecule has 0 aromatic heterocycles. The molecular weight excluding hydrogens is 351 g/mol. The first kappa shape index (κ1) is 10.7. The van der Waals surface area contributed by atoms with Crippen molar-refractivity contribution in [1.82, 2.24) is 5.32 Å². The first-order valence-electron chi connectivity index (χ1n) is 2.57. The Morgan fingerprint density at radius 1 is 1.60 bits per heavy atom. The maximum absolute atomic E-state index is 10.9. The van der Waals surface area contributed by atoms with Gasteiger partial charge in [0, 0.05) is 22.4 Å². The molecule has 0 atom stereocenters. The molecule has 0 aliphatic carbocycles. The fourth-order valence-electron chi connectivity index (χ4n) is 0.547. The van der Waals surface area contributed by atoms with Crippen molar-refractivity contribution >= 4 is 34.2 Å². The third kappa shape index (κ3) is 2.07. The predicted molar refractivity (Wildman–Crippen MR) is 42.4 cm³/mol. The molecule has 1 heterocycles. The van der Waals surface area contributed by atoms with Crippen LogP contribution in [-0.2, 0) is 27.2 Å². The fraction of sp³-hybridized carbons (Fsp3) is 0.600. The van der Waals surface area contributed by atoms with Gasteiger partial charge in [-0.25, -0.2) is 0 Å². The largest absolute Gasteiger partial charge is 0.310 e. The van der Waals surface area contributed by atoms with Gasteiger partial charge >= 0.3 is 0 Å². The van der Waals surface area contributed by atoms with Crippen LogP contribution < -0.4 is 5.32 Å². The van der Waals surface area contributed by atoms with Gasteiger partial charge in [0.15, 0.2) is 0 Å². The van der Waals surface area contributed by atoms with E-state index < -0.39 is 0 Å². The Labute approximate surface area is 85.0 Å². The van der Waals surface area contributed by atoms with Gasteiger partial charge in [-0.2, -0.15) is 0 Å². The molecule has 1 fully saturated rings. The number of amides is 1. The van der Waals surface area contributed by atoms with E-state index in [0.717, 1.165) is 0 Å². The van der Waals surface area contributed by atoms with E-state index in [0.29, 0.717) is 4.32 Å². The van der Waals surface area contributed by atoms with Gasteiger partial charge in [0.05, 0.1) is 4.75 Å². The van der Waals surface area contributed by atoms with Gasteiger partial charge < -0.3 is 5.32 Å². The van der Waals surface area contributed by atoms with Crippen LogP contribution in [0, 0.1) is 0 Å². The first-order valence-corrected chi connectivity index (χ1v) is 3.79. The molecule has 0 aromatic rings. The van der Waals surface area contributed by atoms with E-state index in [9.17, 15) is 4.79 Å². The number of carbonyl (C=O) groups excluding carboxylic acids is 1. The van der Waals surface area contributed by atoms with Crippen molar-refractivity contribution in [3.05, 3.63) is 0 Å².